The topological polar surface area (TPSA) is 63.4 Å². The fourth-order valence-electron chi connectivity index (χ4n) is 4.18. The minimum absolute atomic E-state index is 0.181. The number of morpholine rings is 1. The van der Waals surface area contributed by atoms with Crippen molar-refractivity contribution < 1.29 is 9.84 Å². The first-order valence-corrected chi connectivity index (χ1v) is 10.2. The molecule has 0 radical (unpaired) electrons. The van der Waals surface area contributed by atoms with Crippen LogP contribution in [0.1, 0.15) is 23.0 Å². The number of ether oxygens (including phenoxy) is 1. The zero-order chi connectivity index (χ0) is 20.3. The Labute approximate surface area is 175 Å². The van der Waals surface area contributed by atoms with E-state index in [9.17, 15) is 5.11 Å². The minimum atomic E-state index is -0.181. The quantitative estimate of drug-likeness (QED) is 0.555. The second kappa shape index (κ2) is 8.26. The molecule has 30 heavy (non-hydrogen) atoms. The molecule has 0 saturated carbocycles. The molecule has 2 aromatic carbocycles. The number of phenolic OH excluding ortho intramolecular Hbond substituents is 1. The predicted molar refractivity (Wildman–Crippen MR) is 115 cm³/mol. The maximum absolute atomic E-state index is 11.2. The first-order chi connectivity index (χ1) is 14.8. The van der Waals surface area contributed by atoms with Crippen LogP contribution in [0.5, 0.6) is 5.75 Å². The van der Waals surface area contributed by atoms with Gasteiger partial charge in [-0.3, -0.25) is 9.88 Å². The van der Waals surface area contributed by atoms with Gasteiger partial charge in [-0.05, 0) is 11.6 Å². The number of hydrogen-bond acceptors (Lipinski definition) is 5. The Balaban J connectivity index is 1.61. The van der Waals surface area contributed by atoms with Gasteiger partial charge in [0.05, 0.1) is 19.3 Å². The zero-order valence-electron chi connectivity index (χ0n) is 16.7. The van der Waals surface area contributed by atoms with E-state index in [4.69, 9.17) is 9.72 Å². The third-order valence-electron chi connectivity index (χ3n) is 5.67. The van der Waals surface area contributed by atoms with Crippen molar-refractivity contribution >= 4 is 10.9 Å². The van der Waals surface area contributed by atoms with E-state index >= 15 is 0 Å². The van der Waals surface area contributed by atoms with E-state index in [0.717, 1.165) is 36.4 Å². The van der Waals surface area contributed by atoms with Gasteiger partial charge in [0.1, 0.15) is 17.1 Å². The summed E-state index contributed by atoms with van der Waals surface area (Å²) in [5.41, 5.74) is 2.65. The molecule has 3 heterocycles. The van der Waals surface area contributed by atoms with Crippen molar-refractivity contribution in [2.75, 3.05) is 26.3 Å². The molecule has 152 valence electrons. The SMILES string of the molecule is Oc1c(C(c2nccn2Cc2ccccc2)N2CCOCC2)ccc2cccnc12. The summed E-state index contributed by atoms with van der Waals surface area (Å²) < 4.78 is 7.75. The van der Waals surface area contributed by atoms with Crippen molar-refractivity contribution in [3.8, 4) is 5.75 Å². The van der Waals surface area contributed by atoms with Crippen LogP contribution < -0.4 is 0 Å². The van der Waals surface area contributed by atoms with Crippen molar-refractivity contribution in [2.45, 2.75) is 12.6 Å². The molecule has 1 saturated heterocycles. The van der Waals surface area contributed by atoms with Crippen molar-refractivity contribution in [3.63, 3.8) is 0 Å². The predicted octanol–water partition coefficient (Wildman–Crippen LogP) is 3.61. The number of fused-ring (bicyclic) bond motifs is 1. The van der Waals surface area contributed by atoms with Gasteiger partial charge in [-0.2, -0.15) is 0 Å². The van der Waals surface area contributed by atoms with Crippen LogP contribution in [-0.4, -0.2) is 50.8 Å². The summed E-state index contributed by atoms with van der Waals surface area (Å²) in [5, 5.41) is 12.1. The number of imidazole rings is 1. The molecule has 6 nitrogen and oxygen atoms in total. The van der Waals surface area contributed by atoms with Gasteiger partial charge in [-0.15, -0.1) is 0 Å². The molecule has 4 aromatic rings. The molecular formula is C24H24N4O2. The highest BCUT2D eigenvalue weighted by Crippen LogP contribution is 2.37. The number of hydrogen-bond donors (Lipinski definition) is 1. The molecule has 1 N–H and O–H groups in total. The lowest BCUT2D eigenvalue weighted by Crippen LogP contribution is -2.40. The largest absolute Gasteiger partial charge is 0.505 e. The Morgan fingerprint density at radius 1 is 0.933 bits per heavy atom. The van der Waals surface area contributed by atoms with E-state index < -0.39 is 0 Å². The van der Waals surface area contributed by atoms with E-state index in [-0.39, 0.29) is 11.8 Å². The second-order valence-electron chi connectivity index (χ2n) is 7.53. The first kappa shape index (κ1) is 18.8. The van der Waals surface area contributed by atoms with Crippen molar-refractivity contribution in [1.29, 1.82) is 0 Å². The van der Waals surface area contributed by atoms with E-state index in [2.05, 4.69) is 26.6 Å². The molecule has 5 rings (SSSR count). The molecule has 0 amide bonds. The lowest BCUT2D eigenvalue weighted by Gasteiger charge is -2.35. The maximum atomic E-state index is 11.2. The van der Waals surface area contributed by atoms with Crippen LogP contribution in [0.25, 0.3) is 10.9 Å². The molecule has 6 heteroatoms. The minimum Gasteiger partial charge on any atom is -0.505 e. The van der Waals surface area contributed by atoms with Gasteiger partial charge in [0.25, 0.3) is 0 Å². The van der Waals surface area contributed by atoms with Crippen LogP contribution in [0.3, 0.4) is 0 Å². The van der Waals surface area contributed by atoms with E-state index in [1.54, 1.807) is 6.20 Å². The molecule has 0 spiro atoms. The first-order valence-electron chi connectivity index (χ1n) is 10.2. The number of pyridine rings is 1. The smallest absolute Gasteiger partial charge is 0.147 e. The standard InChI is InChI=1S/C24H24N4O2/c29-23-20(9-8-19-7-4-10-25-21(19)23)22(27-13-15-30-16-14-27)24-26-11-12-28(24)17-18-5-2-1-3-6-18/h1-12,22,29H,13-17H2. The number of benzene rings is 2. The third kappa shape index (κ3) is 3.56. The number of phenols is 1. The van der Waals surface area contributed by atoms with Gasteiger partial charge >= 0.3 is 0 Å². The van der Waals surface area contributed by atoms with Gasteiger partial charge in [-0.1, -0.05) is 48.5 Å². The molecule has 0 aliphatic carbocycles. The summed E-state index contributed by atoms with van der Waals surface area (Å²) in [6, 6.07) is 18.0. The van der Waals surface area contributed by atoms with Crippen LogP contribution in [-0.2, 0) is 11.3 Å². The molecular weight excluding hydrogens is 376 g/mol. The number of nitrogens with zero attached hydrogens (tertiary/aromatic N) is 4. The normalized spacial score (nSPS) is 16.0. The summed E-state index contributed by atoms with van der Waals surface area (Å²) in [6.07, 6.45) is 5.56. The highest BCUT2D eigenvalue weighted by molar-refractivity contribution is 5.85. The molecule has 2 aromatic heterocycles. The van der Waals surface area contributed by atoms with Gasteiger partial charge in [0.2, 0.25) is 0 Å². The van der Waals surface area contributed by atoms with Crippen LogP contribution >= 0.6 is 0 Å². The van der Waals surface area contributed by atoms with Gasteiger partial charge in [0, 0.05) is 49.2 Å². The van der Waals surface area contributed by atoms with Crippen LogP contribution in [0.15, 0.2) is 73.2 Å². The fourth-order valence-corrected chi connectivity index (χ4v) is 4.18. The number of aromatic nitrogens is 3. The molecule has 1 aliphatic rings. The van der Waals surface area contributed by atoms with E-state index in [0.29, 0.717) is 18.7 Å². The van der Waals surface area contributed by atoms with Gasteiger partial charge < -0.3 is 14.4 Å². The Bertz CT molecular complexity index is 1140. The van der Waals surface area contributed by atoms with Crippen LogP contribution in [0, 0.1) is 0 Å². The molecule has 1 atom stereocenters. The molecule has 0 bridgehead atoms. The Morgan fingerprint density at radius 2 is 1.77 bits per heavy atom. The van der Waals surface area contributed by atoms with Crippen molar-refractivity contribution in [1.82, 2.24) is 19.4 Å². The monoisotopic (exact) mass is 400 g/mol. The Morgan fingerprint density at radius 3 is 2.60 bits per heavy atom. The Kier molecular flexibility index (Phi) is 5.17. The Hall–Kier alpha value is -3.22. The van der Waals surface area contributed by atoms with E-state index in [1.165, 1.54) is 5.56 Å². The van der Waals surface area contributed by atoms with Crippen molar-refractivity contribution in [2.24, 2.45) is 0 Å². The maximum Gasteiger partial charge on any atom is 0.147 e. The highest BCUT2D eigenvalue weighted by Gasteiger charge is 2.30. The average Bonchev–Trinajstić information content (AvgIpc) is 3.25. The van der Waals surface area contributed by atoms with E-state index in [1.807, 2.05) is 54.9 Å². The second-order valence-corrected chi connectivity index (χ2v) is 7.53. The van der Waals surface area contributed by atoms with Crippen molar-refractivity contribution in [3.05, 3.63) is 90.1 Å². The summed E-state index contributed by atoms with van der Waals surface area (Å²) >= 11 is 0. The summed E-state index contributed by atoms with van der Waals surface area (Å²) in [7, 11) is 0. The highest BCUT2D eigenvalue weighted by atomic mass is 16.5. The average molecular weight is 400 g/mol. The zero-order valence-corrected chi connectivity index (χ0v) is 16.7. The fraction of sp³-hybridized carbons (Fsp3) is 0.250. The molecule has 1 fully saturated rings. The summed E-state index contributed by atoms with van der Waals surface area (Å²) in [4.78, 5) is 11.5. The van der Waals surface area contributed by atoms with Crippen LogP contribution in [0.2, 0.25) is 0 Å². The summed E-state index contributed by atoms with van der Waals surface area (Å²) in [5.74, 6) is 1.13. The molecule has 1 unspecified atom stereocenters. The number of aromatic hydroxyl groups is 1. The molecule has 1 aliphatic heterocycles. The lowest BCUT2D eigenvalue weighted by atomic mass is 10.00. The lowest BCUT2D eigenvalue weighted by molar-refractivity contribution is 0.0215. The van der Waals surface area contributed by atoms with Crippen LogP contribution in [0.4, 0.5) is 0 Å². The summed E-state index contributed by atoms with van der Waals surface area (Å²) in [6.45, 7) is 3.62. The number of rotatable bonds is 5. The third-order valence-corrected chi connectivity index (χ3v) is 5.67. The van der Waals surface area contributed by atoms with Gasteiger partial charge in [0.15, 0.2) is 0 Å². The van der Waals surface area contributed by atoms with Gasteiger partial charge in [-0.25, -0.2) is 4.98 Å².